The fraction of sp³-hybridized carbons (Fsp3) is 0.538. The standard InChI is InChI=1S/C13H19N/c1-4-13-12-7-9(2)5-6-11(12)10(3)8-14-13/h5-7,10,13-14H,4,8H2,1-3H3. The molecular formula is C13H19N. The van der Waals surface area contributed by atoms with Gasteiger partial charge in [-0.15, -0.1) is 0 Å². The molecule has 0 saturated carbocycles. The van der Waals surface area contributed by atoms with Gasteiger partial charge in [-0.1, -0.05) is 37.6 Å². The van der Waals surface area contributed by atoms with Crippen LogP contribution in [0.15, 0.2) is 18.2 Å². The number of hydrogen-bond donors (Lipinski definition) is 1. The van der Waals surface area contributed by atoms with Crippen molar-refractivity contribution in [2.24, 2.45) is 0 Å². The van der Waals surface area contributed by atoms with Crippen molar-refractivity contribution in [2.75, 3.05) is 6.54 Å². The summed E-state index contributed by atoms with van der Waals surface area (Å²) in [5.74, 6) is 0.661. The van der Waals surface area contributed by atoms with Crippen molar-refractivity contribution in [3.05, 3.63) is 34.9 Å². The Balaban J connectivity index is 2.46. The molecule has 76 valence electrons. The predicted octanol–water partition coefficient (Wildman–Crippen LogP) is 3.15. The first-order valence-electron chi connectivity index (χ1n) is 5.56. The molecule has 0 aliphatic carbocycles. The fourth-order valence-corrected chi connectivity index (χ4v) is 2.35. The van der Waals surface area contributed by atoms with E-state index in [-0.39, 0.29) is 0 Å². The van der Waals surface area contributed by atoms with Gasteiger partial charge in [-0.25, -0.2) is 0 Å². The Kier molecular flexibility index (Phi) is 2.60. The second kappa shape index (κ2) is 3.74. The molecule has 1 aliphatic heterocycles. The average molecular weight is 189 g/mol. The zero-order valence-corrected chi connectivity index (χ0v) is 9.30. The second-order valence-corrected chi connectivity index (χ2v) is 4.40. The first-order chi connectivity index (χ1) is 6.72. The molecule has 2 atom stereocenters. The van der Waals surface area contributed by atoms with Crippen LogP contribution in [-0.4, -0.2) is 6.54 Å². The van der Waals surface area contributed by atoms with Gasteiger partial charge in [0.2, 0.25) is 0 Å². The SMILES string of the molecule is CCC1NCC(C)c2ccc(C)cc21. The van der Waals surface area contributed by atoms with E-state index >= 15 is 0 Å². The minimum absolute atomic E-state index is 0.570. The van der Waals surface area contributed by atoms with E-state index in [0.29, 0.717) is 12.0 Å². The highest BCUT2D eigenvalue weighted by Gasteiger charge is 2.22. The largest absolute Gasteiger partial charge is 0.309 e. The molecule has 1 nitrogen and oxygen atoms in total. The summed E-state index contributed by atoms with van der Waals surface area (Å²) in [6.07, 6.45) is 1.18. The van der Waals surface area contributed by atoms with Crippen molar-refractivity contribution in [1.29, 1.82) is 0 Å². The summed E-state index contributed by atoms with van der Waals surface area (Å²) < 4.78 is 0. The van der Waals surface area contributed by atoms with Crippen LogP contribution in [0.2, 0.25) is 0 Å². The van der Waals surface area contributed by atoms with Gasteiger partial charge in [0.15, 0.2) is 0 Å². The van der Waals surface area contributed by atoms with Crippen molar-refractivity contribution >= 4 is 0 Å². The Bertz CT molecular complexity index is 330. The van der Waals surface area contributed by atoms with E-state index in [9.17, 15) is 0 Å². The number of fused-ring (bicyclic) bond motifs is 1. The van der Waals surface area contributed by atoms with E-state index in [2.05, 4.69) is 44.3 Å². The molecule has 1 aromatic carbocycles. The number of aryl methyl sites for hydroxylation is 1. The maximum atomic E-state index is 3.60. The van der Waals surface area contributed by atoms with Gasteiger partial charge in [-0.2, -0.15) is 0 Å². The molecule has 1 aliphatic rings. The molecule has 0 amide bonds. The number of hydrogen-bond acceptors (Lipinski definition) is 1. The molecule has 0 fully saturated rings. The van der Waals surface area contributed by atoms with Gasteiger partial charge >= 0.3 is 0 Å². The lowest BCUT2D eigenvalue weighted by atomic mass is 9.86. The zero-order valence-electron chi connectivity index (χ0n) is 9.30. The molecule has 0 aromatic heterocycles. The van der Waals surface area contributed by atoms with Crippen LogP contribution in [0, 0.1) is 6.92 Å². The highest BCUT2D eigenvalue weighted by molar-refractivity contribution is 5.38. The van der Waals surface area contributed by atoms with Gasteiger partial charge in [0.25, 0.3) is 0 Å². The van der Waals surface area contributed by atoms with Crippen LogP contribution in [0.1, 0.15) is 48.9 Å². The van der Waals surface area contributed by atoms with Crippen LogP contribution in [0.3, 0.4) is 0 Å². The molecule has 1 heteroatoms. The van der Waals surface area contributed by atoms with Crippen LogP contribution < -0.4 is 5.32 Å². The van der Waals surface area contributed by atoms with Crippen LogP contribution in [0.25, 0.3) is 0 Å². The van der Waals surface area contributed by atoms with Gasteiger partial charge in [0.1, 0.15) is 0 Å². The van der Waals surface area contributed by atoms with Gasteiger partial charge in [0, 0.05) is 12.6 Å². The van der Waals surface area contributed by atoms with Crippen LogP contribution in [0.4, 0.5) is 0 Å². The fourth-order valence-electron chi connectivity index (χ4n) is 2.35. The van der Waals surface area contributed by atoms with Gasteiger partial charge < -0.3 is 5.32 Å². The summed E-state index contributed by atoms with van der Waals surface area (Å²) in [7, 11) is 0. The topological polar surface area (TPSA) is 12.0 Å². The van der Waals surface area contributed by atoms with Crippen molar-refractivity contribution in [2.45, 2.75) is 39.2 Å². The maximum absolute atomic E-state index is 3.60. The Labute approximate surface area is 86.5 Å². The summed E-state index contributed by atoms with van der Waals surface area (Å²) >= 11 is 0. The normalized spacial score (nSPS) is 25.9. The Hall–Kier alpha value is -0.820. The molecule has 1 heterocycles. The van der Waals surface area contributed by atoms with E-state index in [1.54, 1.807) is 5.56 Å². The lowest BCUT2D eigenvalue weighted by molar-refractivity contribution is 0.457. The summed E-state index contributed by atoms with van der Waals surface area (Å²) in [6.45, 7) is 7.84. The van der Waals surface area contributed by atoms with E-state index in [1.807, 2.05) is 0 Å². The quantitative estimate of drug-likeness (QED) is 0.715. The molecule has 1 N–H and O–H groups in total. The summed E-state index contributed by atoms with van der Waals surface area (Å²) in [4.78, 5) is 0. The Morgan fingerprint density at radius 2 is 2.14 bits per heavy atom. The Morgan fingerprint density at radius 3 is 2.86 bits per heavy atom. The zero-order chi connectivity index (χ0) is 10.1. The summed E-state index contributed by atoms with van der Waals surface area (Å²) in [5.41, 5.74) is 4.44. The lowest BCUT2D eigenvalue weighted by Crippen LogP contribution is -2.31. The number of rotatable bonds is 1. The van der Waals surface area contributed by atoms with Crippen molar-refractivity contribution in [3.63, 3.8) is 0 Å². The third-order valence-electron chi connectivity index (χ3n) is 3.23. The Morgan fingerprint density at radius 1 is 1.36 bits per heavy atom. The third-order valence-corrected chi connectivity index (χ3v) is 3.23. The van der Waals surface area contributed by atoms with E-state index in [1.165, 1.54) is 17.5 Å². The molecule has 0 spiro atoms. The molecule has 1 aromatic rings. The van der Waals surface area contributed by atoms with Gasteiger partial charge in [0.05, 0.1) is 0 Å². The summed E-state index contributed by atoms with van der Waals surface area (Å²) in [6, 6.07) is 7.44. The van der Waals surface area contributed by atoms with Crippen LogP contribution in [0.5, 0.6) is 0 Å². The molecule has 0 radical (unpaired) electrons. The second-order valence-electron chi connectivity index (χ2n) is 4.40. The van der Waals surface area contributed by atoms with Crippen molar-refractivity contribution in [1.82, 2.24) is 5.32 Å². The minimum atomic E-state index is 0.570. The third kappa shape index (κ3) is 1.57. The van der Waals surface area contributed by atoms with Gasteiger partial charge in [-0.3, -0.25) is 0 Å². The number of benzene rings is 1. The smallest absolute Gasteiger partial charge is 0.0320 e. The van der Waals surface area contributed by atoms with E-state index in [0.717, 1.165) is 6.54 Å². The monoisotopic (exact) mass is 189 g/mol. The van der Waals surface area contributed by atoms with Gasteiger partial charge in [-0.05, 0) is 30.4 Å². The highest BCUT2D eigenvalue weighted by atomic mass is 14.9. The first-order valence-corrected chi connectivity index (χ1v) is 5.56. The van der Waals surface area contributed by atoms with Crippen molar-refractivity contribution < 1.29 is 0 Å². The van der Waals surface area contributed by atoms with Crippen molar-refractivity contribution in [3.8, 4) is 0 Å². The lowest BCUT2D eigenvalue weighted by Gasteiger charge is -2.30. The van der Waals surface area contributed by atoms with Crippen LogP contribution in [-0.2, 0) is 0 Å². The molecule has 2 unspecified atom stereocenters. The average Bonchev–Trinajstić information content (AvgIpc) is 2.18. The maximum Gasteiger partial charge on any atom is 0.0320 e. The molecule has 0 bridgehead atoms. The molecule has 2 rings (SSSR count). The van der Waals surface area contributed by atoms with Crippen LogP contribution >= 0.6 is 0 Å². The molecular weight excluding hydrogens is 170 g/mol. The summed E-state index contributed by atoms with van der Waals surface area (Å²) in [5, 5.41) is 3.60. The highest BCUT2D eigenvalue weighted by Crippen LogP contribution is 2.31. The number of nitrogens with one attached hydrogen (secondary N) is 1. The molecule has 14 heavy (non-hydrogen) atoms. The van der Waals surface area contributed by atoms with E-state index in [4.69, 9.17) is 0 Å². The predicted molar refractivity (Wildman–Crippen MR) is 60.6 cm³/mol. The molecule has 0 saturated heterocycles. The van der Waals surface area contributed by atoms with E-state index < -0.39 is 0 Å². The first kappa shape index (κ1) is 9.72. The minimum Gasteiger partial charge on any atom is -0.309 e.